The Morgan fingerprint density at radius 1 is 1.48 bits per heavy atom. The van der Waals surface area contributed by atoms with E-state index < -0.39 is 10.0 Å². The van der Waals surface area contributed by atoms with Gasteiger partial charge < -0.3 is 0 Å². The Balaban J connectivity index is 2.05. The van der Waals surface area contributed by atoms with Gasteiger partial charge in [-0.1, -0.05) is 39.7 Å². The van der Waals surface area contributed by atoms with Gasteiger partial charge in [-0.05, 0) is 48.8 Å². The van der Waals surface area contributed by atoms with Gasteiger partial charge in [0.05, 0.1) is 6.26 Å². The standard InChI is InChI=1S/C15H21BrClNO2S/c1-21(19,20)18-7-3-4-12(11-18)8-14(10-16)13-5-2-6-15(17)9-13/h2,5-6,9,12,14H,3-4,7-8,10-11H2,1H3. The largest absolute Gasteiger partial charge is 0.213 e. The van der Waals surface area contributed by atoms with Crippen molar-refractivity contribution in [3.63, 3.8) is 0 Å². The molecule has 2 atom stereocenters. The molecule has 1 aliphatic rings. The maximum Gasteiger partial charge on any atom is 0.211 e. The van der Waals surface area contributed by atoms with E-state index in [1.54, 1.807) is 4.31 Å². The van der Waals surface area contributed by atoms with Gasteiger partial charge in [-0.2, -0.15) is 0 Å². The van der Waals surface area contributed by atoms with Crippen molar-refractivity contribution in [2.24, 2.45) is 5.92 Å². The van der Waals surface area contributed by atoms with Crippen molar-refractivity contribution in [2.45, 2.75) is 25.2 Å². The van der Waals surface area contributed by atoms with Gasteiger partial charge in [0.2, 0.25) is 10.0 Å². The molecular weight excluding hydrogens is 374 g/mol. The molecule has 0 N–H and O–H groups in total. The minimum atomic E-state index is -3.07. The molecule has 6 heteroatoms. The van der Waals surface area contributed by atoms with Gasteiger partial charge in [-0.15, -0.1) is 0 Å². The topological polar surface area (TPSA) is 37.4 Å². The average Bonchev–Trinajstić information content (AvgIpc) is 2.44. The van der Waals surface area contributed by atoms with Crippen LogP contribution in [0, 0.1) is 5.92 Å². The molecule has 1 aromatic carbocycles. The number of nitrogens with zero attached hydrogens (tertiary/aromatic N) is 1. The molecule has 0 aromatic heterocycles. The summed E-state index contributed by atoms with van der Waals surface area (Å²) in [6.07, 6.45) is 4.32. The number of sulfonamides is 1. The fourth-order valence-corrected chi connectivity index (χ4v) is 4.75. The Hall–Kier alpha value is -0.100. The molecule has 1 heterocycles. The zero-order valence-electron chi connectivity index (χ0n) is 12.1. The first-order chi connectivity index (χ1) is 9.90. The summed E-state index contributed by atoms with van der Waals surface area (Å²) in [4.78, 5) is 0. The summed E-state index contributed by atoms with van der Waals surface area (Å²) in [6, 6.07) is 7.94. The zero-order valence-corrected chi connectivity index (χ0v) is 15.3. The van der Waals surface area contributed by atoms with Crippen LogP contribution in [0.25, 0.3) is 0 Å². The summed E-state index contributed by atoms with van der Waals surface area (Å²) in [5, 5.41) is 1.61. The Bertz CT molecular complexity index is 579. The Morgan fingerprint density at radius 3 is 2.86 bits per heavy atom. The lowest BCUT2D eigenvalue weighted by molar-refractivity contribution is 0.249. The van der Waals surface area contributed by atoms with Crippen LogP contribution >= 0.6 is 27.5 Å². The van der Waals surface area contributed by atoms with Crippen molar-refractivity contribution < 1.29 is 8.42 Å². The highest BCUT2D eigenvalue weighted by Gasteiger charge is 2.27. The molecule has 3 nitrogen and oxygen atoms in total. The molecule has 0 spiro atoms. The quantitative estimate of drug-likeness (QED) is 0.711. The number of rotatable bonds is 5. The molecule has 1 aliphatic heterocycles. The third-order valence-corrected chi connectivity index (χ3v) is 6.36. The zero-order chi connectivity index (χ0) is 15.5. The molecule has 1 fully saturated rings. The van der Waals surface area contributed by atoms with Crippen LogP contribution in [0.2, 0.25) is 5.02 Å². The third kappa shape index (κ3) is 4.95. The fourth-order valence-electron chi connectivity index (χ4n) is 2.97. The number of hydrogen-bond donors (Lipinski definition) is 0. The predicted octanol–water partition coefficient (Wildman–Crippen LogP) is 3.88. The van der Waals surface area contributed by atoms with Crippen LogP contribution in [-0.2, 0) is 10.0 Å². The molecule has 118 valence electrons. The van der Waals surface area contributed by atoms with Gasteiger partial charge >= 0.3 is 0 Å². The van der Waals surface area contributed by atoms with Crippen molar-refractivity contribution in [3.8, 4) is 0 Å². The lowest BCUT2D eigenvalue weighted by atomic mass is 9.86. The van der Waals surface area contributed by atoms with Crippen LogP contribution in [0.4, 0.5) is 0 Å². The van der Waals surface area contributed by atoms with E-state index in [-0.39, 0.29) is 0 Å². The number of alkyl halides is 1. The summed E-state index contributed by atoms with van der Waals surface area (Å²) in [5.41, 5.74) is 1.22. The SMILES string of the molecule is CS(=O)(=O)N1CCCC(CC(CBr)c2cccc(Cl)c2)C1. The van der Waals surface area contributed by atoms with Crippen LogP contribution in [0.3, 0.4) is 0 Å². The molecule has 0 radical (unpaired) electrons. The van der Waals surface area contributed by atoms with Crippen molar-refractivity contribution >= 4 is 37.6 Å². The third-order valence-electron chi connectivity index (χ3n) is 4.07. The maximum atomic E-state index is 11.7. The minimum Gasteiger partial charge on any atom is -0.213 e. The second-order valence-electron chi connectivity index (χ2n) is 5.77. The maximum absolute atomic E-state index is 11.7. The molecule has 0 bridgehead atoms. The van der Waals surface area contributed by atoms with Gasteiger partial charge in [-0.3, -0.25) is 0 Å². The highest BCUT2D eigenvalue weighted by Crippen LogP contribution is 2.32. The van der Waals surface area contributed by atoms with Crippen molar-refractivity contribution in [3.05, 3.63) is 34.9 Å². The molecule has 0 saturated carbocycles. The molecule has 1 saturated heterocycles. The van der Waals surface area contributed by atoms with Gasteiger partial charge in [0.25, 0.3) is 0 Å². The van der Waals surface area contributed by atoms with Crippen LogP contribution in [0.1, 0.15) is 30.7 Å². The first kappa shape index (κ1) is 17.3. The monoisotopic (exact) mass is 393 g/mol. The van der Waals surface area contributed by atoms with Crippen molar-refractivity contribution in [1.29, 1.82) is 0 Å². The molecule has 2 rings (SSSR count). The summed E-state index contributed by atoms with van der Waals surface area (Å²) in [6.45, 7) is 1.30. The van der Waals surface area contributed by atoms with E-state index >= 15 is 0 Å². The van der Waals surface area contributed by atoms with Crippen LogP contribution in [-0.4, -0.2) is 37.4 Å². The van der Waals surface area contributed by atoms with E-state index in [1.807, 2.05) is 18.2 Å². The lowest BCUT2D eigenvalue weighted by Crippen LogP contribution is -2.39. The van der Waals surface area contributed by atoms with Gasteiger partial charge in [0.1, 0.15) is 0 Å². The van der Waals surface area contributed by atoms with Crippen LogP contribution in [0.5, 0.6) is 0 Å². The number of piperidine rings is 1. The van der Waals surface area contributed by atoms with Gasteiger partial charge in [0.15, 0.2) is 0 Å². The van der Waals surface area contributed by atoms with E-state index in [0.717, 1.165) is 29.6 Å². The van der Waals surface area contributed by atoms with E-state index in [2.05, 4.69) is 22.0 Å². The Morgan fingerprint density at radius 2 is 2.24 bits per heavy atom. The summed E-state index contributed by atoms with van der Waals surface area (Å²) in [7, 11) is -3.07. The van der Waals surface area contributed by atoms with Gasteiger partial charge in [0, 0.05) is 23.4 Å². The minimum absolute atomic E-state index is 0.369. The number of halogens is 2. The summed E-state index contributed by atoms with van der Waals surface area (Å²) < 4.78 is 25.0. The highest BCUT2D eigenvalue weighted by atomic mass is 79.9. The molecule has 21 heavy (non-hydrogen) atoms. The second kappa shape index (κ2) is 7.44. The molecule has 0 amide bonds. The van der Waals surface area contributed by atoms with E-state index in [9.17, 15) is 8.42 Å². The smallest absolute Gasteiger partial charge is 0.211 e. The van der Waals surface area contributed by atoms with E-state index in [4.69, 9.17) is 11.6 Å². The first-order valence-corrected chi connectivity index (χ1v) is 10.5. The molecule has 1 aromatic rings. The van der Waals surface area contributed by atoms with E-state index in [1.165, 1.54) is 11.8 Å². The van der Waals surface area contributed by atoms with Crippen LogP contribution < -0.4 is 0 Å². The predicted molar refractivity (Wildman–Crippen MR) is 91.7 cm³/mol. The number of hydrogen-bond acceptors (Lipinski definition) is 2. The molecular formula is C15H21BrClNO2S. The summed E-state index contributed by atoms with van der Waals surface area (Å²) >= 11 is 9.65. The van der Waals surface area contributed by atoms with Crippen molar-refractivity contribution in [2.75, 3.05) is 24.7 Å². The highest BCUT2D eigenvalue weighted by molar-refractivity contribution is 9.09. The van der Waals surface area contributed by atoms with Crippen LogP contribution in [0.15, 0.2) is 24.3 Å². The Labute approximate surface area is 140 Å². The van der Waals surface area contributed by atoms with Crippen molar-refractivity contribution in [1.82, 2.24) is 4.31 Å². The Kier molecular flexibility index (Phi) is 6.12. The second-order valence-corrected chi connectivity index (χ2v) is 8.84. The lowest BCUT2D eigenvalue weighted by Gasteiger charge is -2.32. The number of benzene rings is 1. The average molecular weight is 395 g/mol. The summed E-state index contributed by atoms with van der Waals surface area (Å²) in [5.74, 6) is 0.781. The van der Waals surface area contributed by atoms with Gasteiger partial charge in [-0.25, -0.2) is 12.7 Å². The molecule has 2 unspecified atom stereocenters. The first-order valence-electron chi connectivity index (χ1n) is 7.16. The fraction of sp³-hybridized carbons (Fsp3) is 0.600. The molecule has 0 aliphatic carbocycles. The normalized spacial score (nSPS) is 22.1. The van der Waals surface area contributed by atoms with E-state index in [0.29, 0.717) is 24.9 Å².